The zero-order valence-corrected chi connectivity index (χ0v) is 17.0. The predicted octanol–water partition coefficient (Wildman–Crippen LogP) is 2.62. The number of nitrogen functional groups attached to an aromatic ring is 1. The van der Waals surface area contributed by atoms with Crippen LogP contribution in [0.25, 0.3) is 0 Å². The SMILES string of the molecule is COc1cc2c(cc1OC)C(c1ccc(N)cc1)=NN(c1ncn(C)n1)C(C)C2. The summed E-state index contributed by atoms with van der Waals surface area (Å²) in [4.78, 5) is 4.41. The topological polar surface area (TPSA) is 90.8 Å². The van der Waals surface area contributed by atoms with Gasteiger partial charge in [-0.25, -0.2) is 5.01 Å². The van der Waals surface area contributed by atoms with Crippen LogP contribution in [0, 0.1) is 0 Å². The van der Waals surface area contributed by atoms with Crippen LogP contribution in [0.4, 0.5) is 11.6 Å². The third-order valence-electron chi connectivity index (χ3n) is 4.98. The summed E-state index contributed by atoms with van der Waals surface area (Å²) in [5, 5.41) is 11.3. The number of rotatable bonds is 4. The van der Waals surface area contributed by atoms with Gasteiger partial charge in [0.05, 0.1) is 26.0 Å². The van der Waals surface area contributed by atoms with Gasteiger partial charge in [-0.3, -0.25) is 4.68 Å². The van der Waals surface area contributed by atoms with E-state index in [1.165, 1.54) is 0 Å². The fourth-order valence-corrected chi connectivity index (χ4v) is 3.50. The molecule has 0 spiro atoms. The van der Waals surface area contributed by atoms with E-state index < -0.39 is 0 Å². The largest absolute Gasteiger partial charge is 0.493 e. The first-order chi connectivity index (χ1) is 14.0. The highest BCUT2D eigenvalue weighted by atomic mass is 16.5. The van der Waals surface area contributed by atoms with Gasteiger partial charge in [-0.15, -0.1) is 5.10 Å². The second-order valence-corrected chi connectivity index (χ2v) is 7.05. The lowest BCUT2D eigenvalue weighted by Gasteiger charge is -2.21. The molecule has 0 amide bonds. The Kier molecular flexibility index (Phi) is 4.84. The van der Waals surface area contributed by atoms with Gasteiger partial charge >= 0.3 is 0 Å². The molecule has 29 heavy (non-hydrogen) atoms. The average molecular weight is 392 g/mol. The van der Waals surface area contributed by atoms with Crippen LogP contribution in [0.15, 0.2) is 47.8 Å². The number of aryl methyl sites for hydroxylation is 1. The summed E-state index contributed by atoms with van der Waals surface area (Å²) >= 11 is 0. The minimum atomic E-state index is 0.0422. The molecule has 2 aromatic carbocycles. The molecular weight excluding hydrogens is 368 g/mol. The number of aromatic nitrogens is 3. The maximum atomic E-state index is 5.90. The smallest absolute Gasteiger partial charge is 0.265 e. The molecule has 2 heterocycles. The van der Waals surface area contributed by atoms with Crippen molar-refractivity contribution in [2.45, 2.75) is 19.4 Å². The van der Waals surface area contributed by atoms with Crippen molar-refractivity contribution in [1.82, 2.24) is 14.8 Å². The highest BCUT2D eigenvalue weighted by Crippen LogP contribution is 2.35. The summed E-state index contributed by atoms with van der Waals surface area (Å²) in [6.07, 6.45) is 2.42. The van der Waals surface area contributed by atoms with Crippen LogP contribution in [0.1, 0.15) is 23.6 Å². The first-order valence-corrected chi connectivity index (χ1v) is 9.34. The van der Waals surface area contributed by atoms with Crippen LogP contribution in [0.3, 0.4) is 0 Å². The van der Waals surface area contributed by atoms with E-state index in [1.54, 1.807) is 25.2 Å². The Balaban J connectivity index is 1.93. The Morgan fingerprint density at radius 3 is 2.38 bits per heavy atom. The van der Waals surface area contributed by atoms with Gasteiger partial charge in [0, 0.05) is 23.9 Å². The average Bonchev–Trinajstić information content (AvgIpc) is 3.09. The standard InChI is InChI=1S/C21H24N6O2/c1-13-9-15-10-18(28-3)19(29-4)11-17(15)20(14-5-7-16(22)8-6-14)24-27(13)21-23-12-26(2)25-21/h5-8,10-13H,9,22H2,1-4H3. The number of hydrogen-bond acceptors (Lipinski definition) is 7. The minimum Gasteiger partial charge on any atom is -0.493 e. The highest BCUT2D eigenvalue weighted by Gasteiger charge is 2.27. The van der Waals surface area contributed by atoms with Crippen molar-refractivity contribution < 1.29 is 9.47 Å². The van der Waals surface area contributed by atoms with Crippen molar-refractivity contribution >= 4 is 17.3 Å². The Morgan fingerprint density at radius 1 is 1.07 bits per heavy atom. The summed E-state index contributed by atoms with van der Waals surface area (Å²) in [5.74, 6) is 1.91. The van der Waals surface area contributed by atoms with E-state index in [2.05, 4.69) is 17.0 Å². The lowest BCUT2D eigenvalue weighted by Crippen LogP contribution is -2.30. The van der Waals surface area contributed by atoms with Crippen molar-refractivity contribution in [1.29, 1.82) is 0 Å². The maximum Gasteiger partial charge on any atom is 0.265 e. The minimum absolute atomic E-state index is 0.0422. The van der Waals surface area contributed by atoms with Crippen molar-refractivity contribution in [3.63, 3.8) is 0 Å². The number of nitrogens with two attached hydrogens (primary N) is 1. The van der Waals surface area contributed by atoms with Gasteiger partial charge in [-0.2, -0.15) is 10.1 Å². The van der Waals surface area contributed by atoms with Crippen molar-refractivity contribution in [3.05, 3.63) is 59.4 Å². The van der Waals surface area contributed by atoms with Gasteiger partial charge in [-0.05, 0) is 43.2 Å². The van der Waals surface area contributed by atoms with Gasteiger partial charge in [0.2, 0.25) is 0 Å². The van der Waals surface area contributed by atoms with Crippen LogP contribution in [-0.4, -0.2) is 40.7 Å². The Bertz CT molecular complexity index is 1060. The van der Waals surface area contributed by atoms with E-state index in [9.17, 15) is 0 Å². The van der Waals surface area contributed by atoms with Crippen LogP contribution < -0.4 is 20.2 Å². The second-order valence-electron chi connectivity index (χ2n) is 7.05. The molecule has 2 N–H and O–H groups in total. The molecule has 150 valence electrons. The van der Waals surface area contributed by atoms with E-state index in [-0.39, 0.29) is 6.04 Å². The number of hydrogen-bond donors (Lipinski definition) is 1. The Hall–Kier alpha value is -3.55. The van der Waals surface area contributed by atoms with E-state index >= 15 is 0 Å². The molecule has 0 radical (unpaired) electrons. The van der Waals surface area contributed by atoms with Crippen molar-refractivity contribution in [3.8, 4) is 11.5 Å². The fraction of sp³-hybridized carbons (Fsp3) is 0.286. The quantitative estimate of drug-likeness (QED) is 0.687. The number of nitrogens with zero attached hydrogens (tertiary/aromatic N) is 5. The van der Waals surface area contributed by atoms with Gasteiger partial charge in [0.25, 0.3) is 5.95 Å². The zero-order valence-electron chi connectivity index (χ0n) is 17.0. The zero-order chi connectivity index (χ0) is 20.5. The molecule has 8 heteroatoms. The third kappa shape index (κ3) is 3.49. The summed E-state index contributed by atoms with van der Waals surface area (Å²) in [5.41, 5.74) is 10.4. The number of methoxy groups -OCH3 is 2. The first kappa shape index (κ1) is 18.8. The lowest BCUT2D eigenvalue weighted by atomic mass is 9.94. The van der Waals surface area contributed by atoms with Gasteiger partial charge in [0.15, 0.2) is 11.5 Å². The molecular formula is C21H24N6O2. The molecule has 1 aliphatic heterocycles. The molecule has 0 saturated carbocycles. The van der Waals surface area contributed by atoms with Crippen molar-refractivity contribution in [2.75, 3.05) is 25.0 Å². The van der Waals surface area contributed by atoms with Crippen molar-refractivity contribution in [2.24, 2.45) is 12.1 Å². The first-order valence-electron chi connectivity index (χ1n) is 9.34. The molecule has 1 atom stereocenters. The predicted molar refractivity (Wildman–Crippen MR) is 113 cm³/mol. The summed E-state index contributed by atoms with van der Waals surface area (Å²) < 4.78 is 12.7. The summed E-state index contributed by atoms with van der Waals surface area (Å²) in [7, 11) is 5.12. The molecule has 3 aromatic rings. The number of benzene rings is 2. The number of hydrazone groups is 1. The number of ether oxygens (including phenoxy) is 2. The number of anilines is 2. The fourth-order valence-electron chi connectivity index (χ4n) is 3.50. The normalized spacial score (nSPS) is 16.1. The molecule has 1 aromatic heterocycles. The molecule has 0 fully saturated rings. The van der Waals surface area contributed by atoms with Gasteiger partial charge in [-0.1, -0.05) is 12.1 Å². The van der Waals surface area contributed by atoms with Crippen LogP contribution >= 0.6 is 0 Å². The van der Waals surface area contributed by atoms with E-state index in [4.69, 9.17) is 20.3 Å². The molecule has 8 nitrogen and oxygen atoms in total. The molecule has 4 rings (SSSR count). The third-order valence-corrected chi connectivity index (χ3v) is 4.98. The van der Waals surface area contributed by atoms with E-state index in [0.29, 0.717) is 23.1 Å². The highest BCUT2D eigenvalue weighted by molar-refractivity contribution is 6.14. The van der Waals surface area contributed by atoms with Crippen LogP contribution in [0.2, 0.25) is 0 Å². The van der Waals surface area contributed by atoms with E-state index in [0.717, 1.165) is 28.8 Å². The molecule has 0 bridgehead atoms. The van der Waals surface area contributed by atoms with Crippen LogP contribution in [-0.2, 0) is 13.5 Å². The van der Waals surface area contributed by atoms with Crippen LogP contribution in [0.5, 0.6) is 11.5 Å². The molecule has 1 aliphatic rings. The second kappa shape index (κ2) is 7.46. The molecule has 0 aliphatic carbocycles. The Morgan fingerprint density at radius 2 is 1.76 bits per heavy atom. The lowest BCUT2D eigenvalue weighted by molar-refractivity contribution is 0.354. The summed E-state index contributed by atoms with van der Waals surface area (Å²) in [6.45, 7) is 2.10. The van der Waals surface area contributed by atoms with Gasteiger partial charge < -0.3 is 15.2 Å². The maximum absolute atomic E-state index is 5.90. The Labute approximate surface area is 169 Å². The van der Waals surface area contributed by atoms with E-state index in [1.807, 2.05) is 48.5 Å². The summed E-state index contributed by atoms with van der Waals surface area (Å²) in [6, 6.07) is 11.7. The number of fused-ring (bicyclic) bond motifs is 1. The van der Waals surface area contributed by atoms with Gasteiger partial charge in [0.1, 0.15) is 6.33 Å². The molecule has 0 saturated heterocycles. The monoisotopic (exact) mass is 392 g/mol. The molecule has 1 unspecified atom stereocenters.